The molecule has 1 fully saturated rings. The number of hydrogen-bond donors (Lipinski definition) is 2. The molecular weight excluding hydrogens is 178 g/mol. The summed E-state index contributed by atoms with van der Waals surface area (Å²) in [6.07, 6.45) is 1.95. The van der Waals surface area contributed by atoms with Crippen molar-refractivity contribution in [2.45, 2.75) is 0 Å². The lowest BCUT2D eigenvalue weighted by atomic mass is 10.3. The normalized spacial score (nSPS) is 18.8. The van der Waals surface area contributed by atoms with Gasteiger partial charge in [0.1, 0.15) is 5.82 Å². The summed E-state index contributed by atoms with van der Waals surface area (Å²) in [7, 11) is 0. The van der Waals surface area contributed by atoms with Gasteiger partial charge in [0.25, 0.3) is 0 Å². The number of β-amino-alcohol motifs (C(OH)–C–C–N with tert-alkyl or cyclic N) is 1. The highest BCUT2D eigenvalue weighted by Gasteiger charge is 2.16. The van der Waals surface area contributed by atoms with Gasteiger partial charge in [-0.2, -0.15) is 0 Å². The van der Waals surface area contributed by atoms with E-state index in [-0.39, 0.29) is 6.61 Å². The maximum Gasteiger partial charge on any atom is 0.105 e. The summed E-state index contributed by atoms with van der Waals surface area (Å²) in [5, 5.41) is 8.81. The Morgan fingerprint density at radius 1 is 1.29 bits per heavy atom. The molecule has 0 bridgehead atoms. The number of rotatable bonds is 3. The Morgan fingerprint density at radius 3 is 2.64 bits per heavy atom. The molecule has 4 heteroatoms. The third kappa shape index (κ3) is 2.08. The predicted molar refractivity (Wildman–Crippen MR) is 56.5 cm³/mol. The number of aromatic amines is 1. The number of aromatic nitrogens is 1. The summed E-state index contributed by atoms with van der Waals surface area (Å²) in [5.74, 6) is 1.20. The first-order chi connectivity index (χ1) is 6.90. The maximum atomic E-state index is 8.81. The molecule has 0 unspecified atom stereocenters. The third-order valence-electron chi connectivity index (χ3n) is 2.71. The average Bonchev–Trinajstić information content (AvgIpc) is 2.72. The summed E-state index contributed by atoms with van der Waals surface area (Å²) in [5.41, 5.74) is 0. The van der Waals surface area contributed by atoms with Gasteiger partial charge in [0.2, 0.25) is 0 Å². The van der Waals surface area contributed by atoms with E-state index in [1.165, 1.54) is 5.82 Å². The minimum Gasteiger partial charge on any atom is -0.395 e. The van der Waals surface area contributed by atoms with Gasteiger partial charge in [0.15, 0.2) is 0 Å². The zero-order valence-electron chi connectivity index (χ0n) is 8.32. The molecule has 0 saturated carbocycles. The van der Waals surface area contributed by atoms with Crippen LogP contribution in [0, 0.1) is 0 Å². The Hall–Kier alpha value is -1.00. The van der Waals surface area contributed by atoms with Crippen LogP contribution >= 0.6 is 0 Å². The van der Waals surface area contributed by atoms with Crippen molar-refractivity contribution in [2.24, 2.45) is 0 Å². The second-order valence-corrected chi connectivity index (χ2v) is 3.61. The first-order valence-corrected chi connectivity index (χ1v) is 5.11. The van der Waals surface area contributed by atoms with Crippen LogP contribution in [-0.2, 0) is 0 Å². The predicted octanol–water partition coefficient (Wildman–Crippen LogP) is 0.129. The Bertz CT molecular complexity index is 252. The van der Waals surface area contributed by atoms with Crippen LogP contribution in [0.5, 0.6) is 0 Å². The van der Waals surface area contributed by atoms with Gasteiger partial charge in [-0.05, 0) is 12.1 Å². The monoisotopic (exact) mass is 195 g/mol. The molecule has 1 aliphatic rings. The van der Waals surface area contributed by atoms with Crippen molar-refractivity contribution in [3.8, 4) is 0 Å². The van der Waals surface area contributed by atoms with Gasteiger partial charge in [0, 0.05) is 38.9 Å². The van der Waals surface area contributed by atoms with Crippen LogP contribution in [0.1, 0.15) is 0 Å². The van der Waals surface area contributed by atoms with Gasteiger partial charge >= 0.3 is 0 Å². The number of H-pyrrole nitrogens is 1. The molecule has 14 heavy (non-hydrogen) atoms. The van der Waals surface area contributed by atoms with Crippen LogP contribution < -0.4 is 4.90 Å². The van der Waals surface area contributed by atoms with Gasteiger partial charge < -0.3 is 15.0 Å². The van der Waals surface area contributed by atoms with E-state index in [1.54, 1.807) is 0 Å². The zero-order valence-corrected chi connectivity index (χ0v) is 8.32. The van der Waals surface area contributed by atoms with E-state index < -0.39 is 0 Å². The van der Waals surface area contributed by atoms with Crippen molar-refractivity contribution in [3.63, 3.8) is 0 Å². The topological polar surface area (TPSA) is 42.5 Å². The summed E-state index contributed by atoms with van der Waals surface area (Å²) in [4.78, 5) is 7.84. The van der Waals surface area contributed by atoms with E-state index in [9.17, 15) is 0 Å². The van der Waals surface area contributed by atoms with Gasteiger partial charge in [-0.25, -0.2) is 0 Å². The van der Waals surface area contributed by atoms with E-state index >= 15 is 0 Å². The molecule has 1 saturated heterocycles. The summed E-state index contributed by atoms with van der Waals surface area (Å²) in [6.45, 7) is 5.24. The van der Waals surface area contributed by atoms with E-state index in [4.69, 9.17) is 5.11 Å². The molecule has 0 atom stereocenters. The van der Waals surface area contributed by atoms with E-state index in [2.05, 4.69) is 20.9 Å². The van der Waals surface area contributed by atoms with Crippen LogP contribution in [0.2, 0.25) is 0 Å². The summed E-state index contributed by atoms with van der Waals surface area (Å²) >= 11 is 0. The Kier molecular flexibility index (Phi) is 3.06. The Labute approximate surface area is 84.1 Å². The fourth-order valence-corrected chi connectivity index (χ4v) is 1.87. The molecule has 78 valence electrons. The molecule has 2 N–H and O–H groups in total. The van der Waals surface area contributed by atoms with Gasteiger partial charge in [0.05, 0.1) is 6.61 Å². The average molecular weight is 195 g/mol. The second-order valence-electron chi connectivity index (χ2n) is 3.61. The van der Waals surface area contributed by atoms with Crippen molar-refractivity contribution in [2.75, 3.05) is 44.2 Å². The maximum absolute atomic E-state index is 8.81. The molecule has 0 aliphatic carbocycles. The molecule has 1 aliphatic heterocycles. The Balaban J connectivity index is 1.84. The van der Waals surface area contributed by atoms with E-state index in [0.717, 1.165) is 32.7 Å². The lowest BCUT2D eigenvalue weighted by Crippen LogP contribution is -2.47. The molecule has 2 rings (SSSR count). The van der Waals surface area contributed by atoms with Crippen molar-refractivity contribution in [1.82, 2.24) is 9.88 Å². The van der Waals surface area contributed by atoms with Crippen LogP contribution in [0.25, 0.3) is 0 Å². The molecule has 0 aromatic carbocycles. The third-order valence-corrected chi connectivity index (χ3v) is 2.71. The van der Waals surface area contributed by atoms with Crippen molar-refractivity contribution in [3.05, 3.63) is 18.3 Å². The van der Waals surface area contributed by atoms with Crippen LogP contribution in [0.15, 0.2) is 18.3 Å². The largest absolute Gasteiger partial charge is 0.395 e. The minimum absolute atomic E-state index is 0.266. The molecule has 4 nitrogen and oxygen atoms in total. The fraction of sp³-hybridized carbons (Fsp3) is 0.600. The quantitative estimate of drug-likeness (QED) is 0.720. The van der Waals surface area contributed by atoms with Crippen LogP contribution in [0.3, 0.4) is 0 Å². The van der Waals surface area contributed by atoms with Crippen molar-refractivity contribution in [1.29, 1.82) is 0 Å². The fourth-order valence-electron chi connectivity index (χ4n) is 1.87. The highest BCUT2D eigenvalue weighted by Crippen LogP contribution is 2.12. The number of piperazine rings is 1. The lowest BCUT2D eigenvalue weighted by molar-refractivity contribution is 0.188. The SMILES string of the molecule is OCCN1CCN(c2ccc[nH]2)CC1. The van der Waals surface area contributed by atoms with Gasteiger partial charge in [-0.3, -0.25) is 4.90 Å². The first kappa shape index (κ1) is 9.55. The Morgan fingerprint density at radius 2 is 2.07 bits per heavy atom. The summed E-state index contributed by atoms with van der Waals surface area (Å²) in [6, 6.07) is 4.12. The highest BCUT2D eigenvalue weighted by molar-refractivity contribution is 5.39. The number of aliphatic hydroxyl groups excluding tert-OH is 1. The minimum atomic E-state index is 0.266. The molecule has 0 amide bonds. The number of nitrogens with one attached hydrogen (secondary N) is 1. The highest BCUT2D eigenvalue weighted by atomic mass is 16.3. The molecule has 0 radical (unpaired) electrons. The number of anilines is 1. The number of aliphatic hydroxyl groups is 1. The van der Waals surface area contributed by atoms with E-state index in [1.807, 2.05) is 12.3 Å². The standard InChI is InChI=1S/C10H17N3O/c14-9-8-12-4-6-13(7-5-12)10-2-1-3-11-10/h1-3,11,14H,4-9H2. The van der Waals surface area contributed by atoms with Crippen molar-refractivity contribution < 1.29 is 5.11 Å². The van der Waals surface area contributed by atoms with E-state index in [0.29, 0.717) is 0 Å². The molecular formula is C10H17N3O. The lowest BCUT2D eigenvalue weighted by Gasteiger charge is -2.34. The molecule has 2 heterocycles. The molecule has 1 aromatic heterocycles. The smallest absolute Gasteiger partial charge is 0.105 e. The summed E-state index contributed by atoms with van der Waals surface area (Å²) < 4.78 is 0. The molecule has 0 spiro atoms. The molecule has 1 aromatic rings. The van der Waals surface area contributed by atoms with Gasteiger partial charge in [-0.1, -0.05) is 0 Å². The number of hydrogen-bond acceptors (Lipinski definition) is 3. The second kappa shape index (κ2) is 4.48. The van der Waals surface area contributed by atoms with Crippen molar-refractivity contribution >= 4 is 5.82 Å². The number of nitrogens with zero attached hydrogens (tertiary/aromatic N) is 2. The first-order valence-electron chi connectivity index (χ1n) is 5.11. The van der Waals surface area contributed by atoms with Gasteiger partial charge in [-0.15, -0.1) is 0 Å². The van der Waals surface area contributed by atoms with Crippen LogP contribution in [0.4, 0.5) is 5.82 Å². The zero-order chi connectivity index (χ0) is 9.80. The van der Waals surface area contributed by atoms with Crippen LogP contribution in [-0.4, -0.2) is 54.3 Å².